The Morgan fingerprint density at radius 1 is 1.00 bits per heavy atom. The third kappa shape index (κ3) is 8.49. The summed E-state index contributed by atoms with van der Waals surface area (Å²) in [6.45, 7) is 5.26. The normalized spacial score (nSPS) is 11.4. The monoisotopic (exact) mass is 481 g/mol. The fraction of sp³-hybridized carbons (Fsp3) is 0.294. The van der Waals surface area contributed by atoms with Crippen LogP contribution in [-0.2, 0) is 10.7 Å². The minimum absolute atomic E-state index is 0.0606. The zero-order chi connectivity index (χ0) is 24.9. The first kappa shape index (κ1) is 26.8. The minimum Gasteiger partial charge on any atom is -0.457 e. The van der Waals surface area contributed by atoms with Gasteiger partial charge in [0, 0.05) is 29.8 Å². The number of nitro benzene ring substituents is 2. The van der Waals surface area contributed by atoms with Gasteiger partial charge in [-0.25, -0.2) is 0 Å². The fourth-order valence-corrected chi connectivity index (χ4v) is 2.31. The first-order valence-corrected chi connectivity index (χ1v) is 9.83. The summed E-state index contributed by atoms with van der Waals surface area (Å²) in [5, 5.41) is 24.8. The highest BCUT2D eigenvalue weighted by Crippen LogP contribution is 2.41. The van der Waals surface area contributed by atoms with Crippen molar-refractivity contribution in [3.63, 3.8) is 0 Å². The van der Waals surface area contributed by atoms with Gasteiger partial charge in [0.15, 0.2) is 0 Å². The van der Waals surface area contributed by atoms with Gasteiger partial charge >= 0.3 is 14.4 Å². The van der Waals surface area contributed by atoms with E-state index < -0.39 is 46.8 Å². The molecule has 0 aromatic heterocycles. The second-order valence-electron chi connectivity index (χ2n) is 7.13. The maximum Gasteiger partial charge on any atom is 0.420 e. The standard InChI is InChI=1S/C17H16F3N3O5.H3O3P/c1-16(2,3)21-13-9-11(5-6-14(13)23(26)27)28-15-7-4-10(22(24)25)8-12(15)17(18,19)20;1-4(2)3/h4-9,21H,1-3H3;4H,(H2,1,2,3). The van der Waals surface area contributed by atoms with Crippen molar-refractivity contribution >= 4 is 25.3 Å². The van der Waals surface area contributed by atoms with Crippen molar-refractivity contribution in [2.45, 2.75) is 32.5 Å². The Morgan fingerprint density at radius 3 is 2.00 bits per heavy atom. The second kappa shape index (κ2) is 10.4. The van der Waals surface area contributed by atoms with Gasteiger partial charge in [-0.05, 0) is 32.9 Å². The number of rotatable bonds is 5. The van der Waals surface area contributed by atoms with Crippen molar-refractivity contribution in [2.24, 2.45) is 0 Å². The molecular formula is C17H19F3N3O8P. The van der Waals surface area contributed by atoms with Crippen LogP contribution in [0.15, 0.2) is 36.4 Å². The molecule has 0 fully saturated rings. The molecule has 0 bridgehead atoms. The fourth-order valence-electron chi connectivity index (χ4n) is 2.31. The molecule has 0 aliphatic carbocycles. The molecule has 2 aromatic rings. The highest BCUT2D eigenvalue weighted by Gasteiger charge is 2.36. The third-order valence-corrected chi connectivity index (χ3v) is 3.38. The molecule has 15 heteroatoms. The molecule has 0 saturated heterocycles. The van der Waals surface area contributed by atoms with Crippen LogP contribution in [0.25, 0.3) is 0 Å². The lowest BCUT2D eigenvalue weighted by Crippen LogP contribution is -2.26. The van der Waals surface area contributed by atoms with E-state index in [1.165, 1.54) is 6.07 Å². The van der Waals surface area contributed by atoms with Crippen molar-refractivity contribution in [1.82, 2.24) is 0 Å². The first-order chi connectivity index (χ1) is 14.5. The summed E-state index contributed by atoms with van der Waals surface area (Å²) in [6, 6.07) is 5.53. The molecule has 0 heterocycles. The number of nitrogens with zero attached hydrogens (tertiary/aromatic N) is 2. The van der Waals surface area contributed by atoms with Gasteiger partial charge in [0.25, 0.3) is 11.4 Å². The number of ether oxygens (including phenoxy) is 1. The van der Waals surface area contributed by atoms with Crippen molar-refractivity contribution in [1.29, 1.82) is 0 Å². The average Bonchev–Trinajstić information content (AvgIpc) is 2.59. The maximum atomic E-state index is 13.3. The molecule has 0 saturated carbocycles. The van der Waals surface area contributed by atoms with Crippen molar-refractivity contribution in [2.75, 3.05) is 5.32 Å². The molecule has 2 rings (SSSR count). The lowest BCUT2D eigenvalue weighted by Gasteiger charge is -2.22. The van der Waals surface area contributed by atoms with Gasteiger partial charge in [0.05, 0.1) is 9.85 Å². The molecule has 2 aromatic carbocycles. The van der Waals surface area contributed by atoms with Crippen molar-refractivity contribution in [3.05, 3.63) is 62.2 Å². The number of anilines is 1. The first-order valence-electron chi connectivity index (χ1n) is 8.53. The lowest BCUT2D eigenvalue weighted by molar-refractivity contribution is -0.385. The van der Waals surface area contributed by atoms with E-state index in [-0.39, 0.29) is 17.1 Å². The molecule has 176 valence electrons. The molecule has 0 spiro atoms. The molecule has 11 nitrogen and oxygen atoms in total. The van der Waals surface area contributed by atoms with Gasteiger partial charge in [-0.3, -0.25) is 24.8 Å². The molecule has 0 amide bonds. The molecule has 0 aliphatic heterocycles. The smallest absolute Gasteiger partial charge is 0.420 e. The summed E-state index contributed by atoms with van der Waals surface area (Å²) in [7, 11) is -3.13. The van der Waals surface area contributed by atoms with Gasteiger partial charge < -0.3 is 19.8 Å². The summed E-state index contributed by atoms with van der Waals surface area (Å²) in [6.07, 6.45) is -4.89. The summed E-state index contributed by atoms with van der Waals surface area (Å²) < 4.78 is 53.8. The summed E-state index contributed by atoms with van der Waals surface area (Å²) in [4.78, 5) is 34.7. The summed E-state index contributed by atoms with van der Waals surface area (Å²) in [5.41, 5.74) is -2.84. The van der Waals surface area contributed by atoms with E-state index in [0.29, 0.717) is 6.07 Å². The Labute approximate surface area is 179 Å². The summed E-state index contributed by atoms with van der Waals surface area (Å²) >= 11 is 0. The van der Waals surface area contributed by atoms with Crippen LogP contribution in [0.3, 0.4) is 0 Å². The Hall–Kier alpha value is -3.22. The number of nitro groups is 2. The molecule has 3 N–H and O–H groups in total. The van der Waals surface area contributed by atoms with Gasteiger partial charge in [-0.2, -0.15) is 13.2 Å². The highest BCUT2D eigenvalue weighted by molar-refractivity contribution is 7.30. The van der Waals surface area contributed by atoms with Crippen molar-refractivity contribution in [3.8, 4) is 11.5 Å². The number of alkyl halides is 3. The minimum atomic E-state index is -4.89. The van der Waals surface area contributed by atoms with E-state index in [0.717, 1.165) is 24.3 Å². The van der Waals surface area contributed by atoms with Gasteiger partial charge in [0.2, 0.25) is 0 Å². The van der Waals surface area contributed by atoms with Crippen LogP contribution in [0.4, 0.5) is 30.2 Å². The number of benzene rings is 2. The lowest BCUT2D eigenvalue weighted by atomic mass is 10.1. The topological polar surface area (TPSA) is 165 Å². The Morgan fingerprint density at radius 2 is 1.56 bits per heavy atom. The predicted molar refractivity (Wildman–Crippen MR) is 108 cm³/mol. The number of non-ortho nitro benzene ring substituents is 1. The molecule has 0 atom stereocenters. The quantitative estimate of drug-likeness (QED) is 0.306. The second-order valence-corrected chi connectivity index (χ2v) is 7.70. The van der Waals surface area contributed by atoms with Gasteiger partial charge in [-0.15, -0.1) is 0 Å². The van der Waals surface area contributed by atoms with Crippen LogP contribution >= 0.6 is 8.25 Å². The van der Waals surface area contributed by atoms with E-state index in [2.05, 4.69) is 5.32 Å². The van der Waals surface area contributed by atoms with E-state index in [1.807, 2.05) is 0 Å². The average molecular weight is 481 g/mol. The molecule has 0 radical (unpaired) electrons. The molecule has 0 aliphatic rings. The zero-order valence-electron chi connectivity index (χ0n) is 16.8. The van der Waals surface area contributed by atoms with E-state index in [4.69, 9.17) is 19.1 Å². The van der Waals surface area contributed by atoms with Crippen LogP contribution < -0.4 is 10.1 Å². The Balaban J connectivity index is 0.00000118. The number of hydrogen-bond acceptors (Lipinski definition) is 7. The van der Waals surface area contributed by atoms with E-state index >= 15 is 0 Å². The zero-order valence-corrected chi connectivity index (χ0v) is 17.8. The summed E-state index contributed by atoms with van der Waals surface area (Å²) in [5.74, 6) is -0.759. The van der Waals surface area contributed by atoms with Gasteiger partial charge in [-0.1, -0.05) is 0 Å². The van der Waals surface area contributed by atoms with Crippen LogP contribution in [0.5, 0.6) is 11.5 Å². The number of nitrogens with one attached hydrogen (secondary N) is 1. The predicted octanol–water partition coefficient (Wildman–Crippen LogP) is 4.89. The largest absolute Gasteiger partial charge is 0.457 e. The van der Waals surface area contributed by atoms with Gasteiger partial charge in [0.1, 0.15) is 22.7 Å². The third-order valence-electron chi connectivity index (χ3n) is 3.38. The number of hydrogen-bond donors (Lipinski definition) is 3. The molecule has 32 heavy (non-hydrogen) atoms. The van der Waals surface area contributed by atoms with Crippen LogP contribution in [0.2, 0.25) is 0 Å². The van der Waals surface area contributed by atoms with Crippen LogP contribution in [-0.4, -0.2) is 25.2 Å². The van der Waals surface area contributed by atoms with Crippen LogP contribution in [0.1, 0.15) is 26.3 Å². The maximum absolute atomic E-state index is 13.3. The Bertz CT molecular complexity index is 1020. The molecule has 0 unspecified atom stereocenters. The van der Waals surface area contributed by atoms with Crippen LogP contribution in [0, 0.1) is 20.2 Å². The van der Waals surface area contributed by atoms with Crippen molar-refractivity contribution < 1.29 is 42.1 Å². The molecular weight excluding hydrogens is 462 g/mol. The number of halogens is 3. The Kier molecular flexibility index (Phi) is 8.71. The SMILES string of the molecule is CC(C)(C)Nc1cc(Oc2ccc([N+](=O)[O-])cc2C(F)(F)F)ccc1[N+](=O)[O-].O=[PH](O)O. The van der Waals surface area contributed by atoms with E-state index in [9.17, 15) is 33.4 Å². The van der Waals surface area contributed by atoms with E-state index in [1.54, 1.807) is 20.8 Å². The highest BCUT2D eigenvalue weighted by atomic mass is 31.1.